The quantitative estimate of drug-likeness (QED) is 0.903. The van der Waals surface area contributed by atoms with Gasteiger partial charge in [-0.25, -0.2) is 0 Å². The molecule has 2 fully saturated rings. The summed E-state index contributed by atoms with van der Waals surface area (Å²) in [6.07, 6.45) is -4.85. The molecule has 130 valence electrons. The fourth-order valence-electron chi connectivity index (χ4n) is 3.20. The molecule has 24 heavy (non-hydrogen) atoms. The Bertz CT molecular complexity index is 677. The molecule has 3 rings (SSSR count). The van der Waals surface area contributed by atoms with E-state index in [9.17, 15) is 27.9 Å². The fourth-order valence-corrected chi connectivity index (χ4v) is 3.20. The van der Waals surface area contributed by atoms with E-state index in [2.05, 4.69) is 4.74 Å². The highest BCUT2D eigenvalue weighted by Gasteiger charge is 2.57. The third-order valence-corrected chi connectivity index (χ3v) is 4.40. The first-order valence-corrected chi connectivity index (χ1v) is 7.17. The van der Waals surface area contributed by atoms with Crippen molar-refractivity contribution in [1.82, 2.24) is 4.90 Å². The molecule has 1 N–H and O–H groups in total. The minimum Gasteiger partial charge on any atom is -0.481 e. The van der Waals surface area contributed by atoms with Gasteiger partial charge >= 0.3 is 12.3 Å². The van der Waals surface area contributed by atoms with E-state index in [1.165, 1.54) is 17.0 Å². The van der Waals surface area contributed by atoms with Crippen LogP contribution in [-0.4, -0.2) is 54.5 Å². The number of hydrogen-bond acceptors (Lipinski definition) is 4. The van der Waals surface area contributed by atoms with E-state index in [-0.39, 0.29) is 37.8 Å². The maximum absolute atomic E-state index is 12.5. The van der Waals surface area contributed by atoms with Gasteiger partial charge in [0.15, 0.2) is 0 Å². The Balaban J connectivity index is 1.79. The van der Waals surface area contributed by atoms with Gasteiger partial charge < -0.3 is 19.5 Å². The molecule has 2 atom stereocenters. The molecular weight excluding hydrogens is 331 g/mol. The van der Waals surface area contributed by atoms with Crippen LogP contribution in [0.3, 0.4) is 0 Å². The maximum Gasteiger partial charge on any atom is 0.573 e. The van der Waals surface area contributed by atoms with Crippen molar-refractivity contribution in [3.05, 3.63) is 29.8 Å². The number of likely N-dealkylation sites (tertiary alicyclic amines) is 1. The summed E-state index contributed by atoms with van der Waals surface area (Å²) >= 11 is 0. The third kappa shape index (κ3) is 2.91. The van der Waals surface area contributed by atoms with Crippen molar-refractivity contribution < 1.29 is 37.3 Å². The minimum absolute atomic E-state index is 0.0122. The van der Waals surface area contributed by atoms with Gasteiger partial charge in [-0.05, 0) is 18.2 Å². The highest BCUT2D eigenvalue weighted by Crippen LogP contribution is 2.42. The summed E-state index contributed by atoms with van der Waals surface area (Å²) in [5.41, 5.74) is -1.13. The summed E-state index contributed by atoms with van der Waals surface area (Å²) < 4.78 is 45.8. The molecule has 0 radical (unpaired) electrons. The topological polar surface area (TPSA) is 76.1 Å². The van der Waals surface area contributed by atoms with Crippen LogP contribution in [0.5, 0.6) is 5.75 Å². The molecular formula is C15H14F3NO5. The van der Waals surface area contributed by atoms with Gasteiger partial charge in [0.25, 0.3) is 5.91 Å². The largest absolute Gasteiger partial charge is 0.573 e. The van der Waals surface area contributed by atoms with Gasteiger partial charge in [-0.2, -0.15) is 0 Å². The molecule has 0 unspecified atom stereocenters. The Labute approximate surface area is 134 Å². The van der Waals surface area contributed by atoms with Crippen molar-refractivity contribution in [3.63, 3.8) is 0 Å². The number of ether oxygens (including phenoxy) is 2. The van der Waals surface area contributed by atoms with Gasteiger partial charge in [0.1, 0.15) is 11.2 Å². The van der Waals surface area contributed by atoms with Crippen molar-refractivity contribution in [3.8, 4) is 5.75 Å². The van der Waals surface area contributed by atoms with Gasteiger partial charge in [0, 0.05) is 24.6 Å². The number of amides is 1. The van der Waals surface area contributed by atoms with Crippen LogP contribution in [0.2, 0.25) is 0 Å². The molecule has 0 spiro atoms. The van der Waals surface area contributed by atoms with Crippen LogP contribution in [-0.2, 0) is 9.53 Å². The van der Waals surface area contributed by atoms with Crippen molar-refractivity contribution in [1.29, 1.82) is 0 Å². The normalized spacial score (nSPS) is 26.3. The molecule has 1 amide bonds. The number of carbonyl (C=O) groups is 2. The van der Waals surface area contributed by atoms with Gasteiger partial charge in [-0.1, -0.05) is 6.07 Å². The van der Waals surface area contributed by atoms with Crippen LogP contribution in [0.4, 0.5) is 13.2 Å². The number of nitrogens with zero attached hydrogens (tertiary/aromatic N) is 1. The number of rotatable bonds is 3. The molecule has 0 bridgehead atoms. The Morgan fingerprint density at radius 3 is 2.75 bits per heavy atom. The average Bonchev–Trinajstić information content (AvgIpc) is 3.02. The smallest absolute Gasteiger partial charge is 0.481 e. The predicted molar refractivity (Wildman–Crippen MR) is 73.4 cm³/mol. The fraction of sp³-hybridized carbons (Fsp3) is 0.467. The first-order valence-electron chi connectivity index (χ1n) is 7.17. The van der Waals surface area contributed by atoms with Crippen molar-refractivity contribution in [2.24, 2.45) is 11.3 Å². The standard InChI is InChI=1S/C15H14F3NO5/c16-15(17,18)24-11-3-1-2-9(4-11)12(20)19-5-10-6-23-8-14(10,7-19)13(21)22/h1-4,10H,5-8H2,(H,21,22)/t10-,14-/m1/s1. The molecule has 2 aliphatic heterocycles. The third-order valence-electron chi connectivity index (χ3n) is 4.40. The number of aliphatic carboxylic acids is 1. The molecule has 1 aromatic rings. The highest BCUT2D eigenvalue weighted by molar-refractivity contribution is 5.95. The summed E-state index contributed by atoms with van der Waals surface area (Å²) in [5.74, 6) is -2.38. The number of carbonyl (C=O) groups excluding carboxylic acids is 1. The Morgan fingerprint density at radius 1 is 1.38 bits per heavy atom. The molecule has 0 aromatic heterocycles. The average molecular weight is 345 g/mol. The molecule has 6 nitrogen and oxygen atoms in total. The van der Waals surface area contributed by atoms with E-state index in [0.29, 0.717) is 0 Å². The van der Waals surface area contributed by atoms with Gasteiger partial charge in [0.05, 0.1) is 13.2 Å². The van der Waals surface area contributed by atoms with Gasteiger partial charge in [-0.15, -0.1) is 13.2 Å². The zero-order chi connectivity index (χ0) is 17.5. The van der Waals surface area contributed by atoms with E-state index < -0.39 is 29.4 Å². The van der Waals surface area contributed by atoms with Crippen LogP contribution in [0.15, 0.2) is 24.3 Å². The van der Waals surface area contributed by atoms with Crippen LogP contribution in [0.25, 0.3) is 0 Å². The van der Waals surface area contributed by atoms with Crippen molar-refractivity contribution in [2.75, 3.05) is 26.3 Å². The summed E-state index contributed by atoms with van der Waals surface area (Å²) in [6.45, 7) is 0.424. The second kappa shape index (κ2) is 5.66. The van der Waals surface area contributed by atoms with Crippen molar-refractivity contribution in [2.45, 2.75) is 6.36 Å². The molecule has 2 saturated heterocycles. The highest BCUT2D eigenvalue weighted by atomic mass is 19.4. The van der Waals surface area contributed by atoms with Crippen LogP contribution < -0.4 is 4.74 Å². The molecule has 0 aliphatic carbocycles. The number of carboxylic acid groups (broad SMARTS) is 1. The first-order chi connectivity index (χ1) is 11.2. The molecule has 9 heteroatoms. The molecule has 1 aromatic carbocycles. The molecule has 2 aliphatic rings. The zero-order valence-corrected chi connectivity index (χ0v) is 12.4. The lowest BCUT2D eigenvalue weighted by Gasteiger charge is -2.22. The second-order valence-corrected chi connectivity index (χ2v) is 5.93. The SMILES string of the molecule is O=C(c1cccc(OC(F)(F)F)c1)N1C[C@@H]2COC[C@]2(C(=O)O)C1. The lowest BCUT2D eigenvalue weighted by Crippen LogP contribution is -2.40. The number of carboxylic acids is 1. The lowest BCUT2D eigenvalue weighted by molar-refractivity contribution is -0.274. The van der Waals surface area contributed by atoms with E-state index in [4.69, 9.17) is 4.74 Å². The van der Waals surface area contributed by atoms with Crippen LogP contribution in [0.1, 0.15) is 10.4 Å². The minimum atomic E-state index is -4.85. The van der Waals surface area contributed by atoms with Crippen LogP contribution >= 0.6 is 0 Å². The van der Waals surface area contributed by atoms with E-state index in [0.717, 1.165) is 12.1 Å². The Morgan fingerprint density at radius 2 is 2.12 bits per heavy atom. The summed E-state index contributed by atoms with van der Waals surface area (Å²) in [4.78, 5) is 25.4. The summed E-state index contributed by atoms with van der Waals surface area (Å²) in [6, 6.07) is 4.73. The van der Waals surface area contributed by atoms with E-state index in [1.54, 1.807) is 0 Å². The number of alkyl halides is 3. The zero-order valence-electron chi connectivity index (χ0n) is 12.4. The van der Waals surface area contributed by atoms with Gasteiger partial charge in [0.2, 0.25) is 0 Å². The number of halogens is 3. The monoisotopic (exact) mass is 345 g/mol. The second-order valence-electron chi connectivity index (χ2n) is 5.93. The van der Waals surface area contributed by atoms with E-state index >= 15 is 0 Å². The first kappa shape index (κ1) is 16.6. The summed E-state index contributed by atoms with van der Waals surface area (Å²) in [5, 5.41) is 9.45. The Hall–Kier alpha value is -2.29. The number of benzene rings is 1. The van der Waals surface area contributed by atoms with Crippen molar-refractivity contribution >= 4 is 11.9 Å². The molecule has 2 heterocycles. The lowest BCUT2D eigenvalue weighted by atomic mass is 9.81. The predicted octanol–water partition coefficient (Wildman–Crippen LogP) is 1.76. The molecule has 0 saturated carbocycles. The maximum atomic E-state index is 12.5. The number of hydrogen-bond donors (Lipinski definition) is 1. The van der Waals surface area contributed by atoms with Crippen LogP contribution in [0, 0.1) is 11.3 Å². The van der Waals surface area contributed by atoms with Gasteiger partial charge in [-0.3, -0.25) is 9.59 Å². The van der Waals surface area contributed by atoms with E-state index in [1.807, 2.05) is 0 Å². The summed E-state index contributed by atoms with van der Waals surface area (Å²) in [7, 11) is 0. The Kier molecular flexibility index (Phi) is 3.90. The number of fused-ring (bicyclic) bond motifs is 1.